The van der Waals surface area contributed by atoms with Gasteiger partial charge in [-0.1, -0.05) is 5.16 Å². The minimum absolute atomic E-state index is 0.0567. The summed E-state index contributed by atoms with van der Waals surface area (Å²) in [6.07, 6.45) is 1.27. The average Bonchev–Trinajstić information content (AvgIpc) is 2.84. The molecule has 7 nitrogen and oxygen atoms in total. The summed E-state index contributed by atoms with van der Waals surface area (Å²) in [7, 11) is -3.78. The van der Waals surface area contributed by atoms with Crippen LogP contribution in [0.2, 0.25) is 0 Å². The third-order valence-electron chi connectivity index (χ3n) is 2.19. The predicted molar refractivity (Wildman–Crippen MR) is 70.0 cm³/mol. The first kappa shape index (κ1) is 13.7. The fourth-order valence-corrected chi connectivity index (χ4v) is 2.46. The Morgan fingerprint density at radius 3 is 2.63 bits per heavy atom. The van der Waals surface area contributed by atoms with Gasteiger partial charge in [-0.05, 0) is 34.1 Å². The van der Waals surface area contributed by atoms with Gasteiger partial charge in [0, 0.05) is 10.5 Å². The van der Waals surface area contributed by atoms with Gasteiger partial charge in [-0.3, -0.25) is 4.79 Å². The molecule has 0 saturated carbocycles. The molecule has 2 aromatic rings. The SMILES string of the molecule is NS(=O)(=O)c1ccc(NC(=O)c2ccon2)c(Br)c1. The second-order valence-corrected chi connectivity index (χ2v) is 5.94. The van der Waals surface area contributed by atoms with E-state index in [0.717, 1.165) is 0 Å². The van der Waals surface area contributed by atoms with E-state index in [1.54, 1.807) is 0 Å². The molecule has 1 heterocycles. The number of primary sulfonamides is 1. The number of sulfonamides is 1. The van der Waals surface area contributed by atoms with Crippen LogP contribution >= 0.6 is 15.9 Å². The van der Waals surface area contributed by atoms with E-state index in [1.807, 2.05) is 0 Å². The number of carbonyl (C=O) groups is 1. The van der Waals surface area contributed by atoms with Crippen molar-refractivity contribution >= 4 is 37.5 Å². The minimum Gasteiger partial charge on any atom is -0.364 e. The number of nitrogens with zero attached hydrogens (tertiary/aromatic N) is 1. The number of aromatic nitrogens is 1. The summed E-state index contributed by atoms with van der Waals surface area (Å²) < 4.78 is 27.2. The lowest BCUT2D eigenvalue weighted by molar-refractivity contribution is 0.101. The number of rotatable bonds is 3. The number of nitrogens with one attached hydrogen (secondary N) is 1. The summed E-state index contributed by atoms with van der Waals surface area (Å²) in [5.74, 6) is -0.474. The molecule has 9 heteroatoms. The Labute approximate surface area is 116 Å². The summed E-state index contributed by atoms with van der Waals surface area (Å²) in [4.78, 5) is 11.7. The number of hydrogen-bond acceptors (Lipinski definition) is 5. The van der Waals surface area contributed by atoms with Crippen molar-refractivity contribution in [2.24, 2.45) is 5.14 Å². The van der Waals surface area contributed by atoms with E-state index >= 15 is 0 Å². The molecule has 0 aliphatic carbocycles. The highest BCUT2D eigenvalue weighted by Gasteiger charge is 2.14. The molecule has 0 aliphatic rings. The van der Waals surface area contributed by atoms with Crippen molar-refractivity contribution in [2.75, 3.05) is 5.32 Å². The highest BCUT2D eigenvalue weighted by molar-refractivity contribution is 9.10. The third-order valence-corrected chi connectivity index (χ3v) is 3.75. The van der Waals surface area contributed by atoms with Crippen LogP contribution < -0.4 is 10.5 Å². The number of anilines is 1. The highest BCUT2D eigenvalue weighted by atomic mass is 79.9. The maximum absolute atomic E-state index is 11.7. The molecule has 0 spiro atoms. The Bertz CT molecular complexity index is 712. The number of amides is 1. The summed E-state index contributed by atoms with van der Waals surface area (Å²) in [5.41, 5.74) is 0.503. The molecule has 0 fully saturated rings. The van der Waals surface area contributed by atoms with Crippen LogP contribution in [0.5, 0.6) is 0 Å². The minimum atomic E-state index is -3.78. The van der Waals surface area contributed by atoms with E-state index in [2.05, 4.69) is 30.9 Å². The van der Waals surface area contributed by atoms with Crippen LogP contribution in [0.15, 0.2) is 44.4 Å². The van der Waals surface area contributed by atoms with Crippen LogP contribution in [0.4, 0.5) is 5.69 Å². The van der Waals surface area contributed by atoms with Crippen molar-refractivity contribution in [3.05, 3.63) is 40.7 Å². The van der Waals surface area contributed by atoms with Crippen molar-refractivity contribution in [3.63, 3.8) is 0 Å². The molecular weight excluding hydrogens is 338 g/mol. The van der Waals surface area contributed by atoms with E-state index < -0.39 is 15.9 Å². The van der Waals surface area contributed by atoms with Gasteiger partial charge < -0.3 is 9.84 Å². The maximum atomic E-state index is 11.7. The maximum Gasteiger partial charge on any atom is 0.277 e. The first-order valence-electron chi connectivity index (χ1n) is 4.92. The Hall–Kier alpha value is -1.71. The molecule has 2 rings (SSSR count). The van der Waals surface area contributed by atoms with Gasteiger partial charge in [0.2, 0.25) is 10.0 Å². The van der Waals surface area contributed by atoms with Gasteiger partial charge >= 0.3 is 0 Å². The third kappa shape index (κ3) is 3.19. The average molecular weight is 346 g/mol. The Kier molecular flexibility index (Phi) is 3.69. The van der Waals surface area contributed by atoms with Gasteiger partial charge in [0.15, 0.2) is 5.69 Å². The summed E-state index contributed by atoms with van der Waals surface area (Å²) in [6.45, 7) is 0. The van der Waals surface area contributed by atoms with Crippen LogP contribution in [0.25, 0.3) is 0 Å². The molecule has 0 atom stereocenters. The first-order valence-corrected chi connectivity index (χ1v) is 7.26. The largest absolute Gasteiger partial charge is 0.364 e. The fourth-order valence-electron chi connectivity index (χ4n) is 1.29. The zero-order valence-corrected chi connectivity index (χ0v) is 11.7. The molecule has 1 amide bonds. The van der Waals surface area contributed by atoms with Crippen LogP contribution in [0.1, 0.15) is 10.5 Å². The van der Waals surface area contributed by atoms with Gasteiger partial charge in [0.05, 0.1) is 10.6 Å². The zero-order valence-electron chi connectivity index (χ0n) is 9.33. The number of nitrogens with two attached hydrogens (primary N) is 1. The normalized spacial score (nSPS) is 11.3. The van der Waals surface area contributed by atoms with Crippen LogP contribution in [0, 0.1) is 0 Å². The van der Waals surface area contributed by atoms with Crippen LogP contribution in [-0.2, 0) is 10.0 Å². The molecule has 3 N–H and O–H groups in total. The standard InChI is InChI=1S/C10H8BrN3O4S/c11-7-5-6(19(12,16)17)1-2-8(7)13-10(15)9-3-4-18-14-9/h1-5H,(H,13,15)(H2,12,16,17). The first-order chi connectivity index (χ1) is 8.88. The Balaban J connectivity index is 2.25. The molecule has 1 aromatic heterocycles. The quantitative estimate of drug-likeness (QED) is 0.870. The second kappa shape index (κ2) is 5.11. The number of hydrogen-bond donors (Lipinski definition) is 2. The molecule has 0 radical (unpaired) electrons. The van der Waals surface area contributed by atoms with Crippen LogP contribution in [0.3, 0.4) is 0 Å². The van der Waals surface area contributed by atoms with Gasteiger partial charge in [-0.2, -0.15) is 0 Å². The van der Waals surface area contributed by atoms with E-state index in [-0.39, 0.29) is 10.6 Å². The lowest BCUT2D eigenvalue weighted by atomic mass is 10.3. The van der Waals surface area contributed by atoms with E-state index in [4.69, 9.17) is 5.14 Å². The molecule has 100 valence electrons. The van der Waals surface area contributed by atoms with Crippen LogP contribution in [-0.4, -0.2) is 19.5 Å². The van der Waals surface area contributed by atoms with Crippen molar-refractivity contribution in [2.45, 2.75) is 4.90 Å². The number of benzene rings is 1. The lowest BCUT2D eigenvalue weighted by Gasteiger charge is -2.07. The van der Waals surface area contributed by atoms with Crippen molar-refractivity contribution in [1.82, 2.24) is 5.16 Å². The Morgan fingerprint density at radius 2 is 2.11 bits per heavy atom. The van der Waals surface area contributed by atoms with Gasteiger partial charge in [0.1, 0.15) is 6.26 Å². The van der Waals surface area contributed by atoms with E-state index in [1.165, 1.54) is 30.5 Å². The number of halogens is 1. The zero-order chi connectivity index (χ0) is 14.0. The molecule has 0 bridgehead atoms. The van der Waals surface area contributed by atoms with Gasteiger partial charge in [-0.15, -0.1) is 0 Å². The molecule has 0 aliphatic heterocycles. The van der Waals surface area contributed by atoms with Crippen molar-refractivity contribution in [1.29, 1.82) is 0 Å². The smallest absolute Gasteiger partial charge is 0.277 e. The Morgan fingerprint density at radius 1 is 1.37 bits per heavy atom. The predicted octanol–water partition coefficient (Wildman–Crippen LogP) is 1.34. The summed E-state index contributed by atoms with van der Waals surface area (Å²) >= 11 is 3.15. The number of carbonyl (C=O) groups excluding carboxylic acids is 1. The highest BCUT2D eigenvalue weighted by Crippen LogP contribution is 2.25. The van der Waals surface area contributed by atoms with E-state index in [9.17, 15) is 13.2 Å². The molecular formula is C10H8BrN3O4S. The second-order valence-electron chi connectivity index (χ2n) is 3.53. The van der Waals surface area contributed by atoms with Crippen molar-refractivity contribution < 1.29 is 17.7 Å². The topological polar surface area (TPSA) is 115 Å². The van der Waals surface area contributed by atoms with E-state index in [0.29, 0.717) is 10.2 Å². The lowest BCUT2D eigenvalue weighted by Crippen LogP contribution is -2.14. The van der Waals surface area contributed by atoms with Gasteiger partial charge in [-0.25, -0.2) is 13.6 Å². The van der Waals surface area contributed by atoms with Gasteiger partial charge in [0.25, 0.3) is 5.91 Å². The summed E-state index contributed by atoms with van der Waals surface area (Å²) in [5, 5.41) is 11.0. The van der Waals surface area contributed by atoms with Crippen molar-refractivity contribution in [3.8, 4) is 0 Å². The molecule has 0 unspecified atom stereocenters. The molecule has 0 saturated heterocycles. The molecule has 1 aromatic carbocycles. The fraction of sp³-hybridized carbons (Fsp3) is 0. The molecule has 19 heavy (non-hydrogen) atoms. The monoisotopic (exact) mass is 345 g/mol. The summed E-state index contributed by atoms with van der Waals surface area (Å²) in [6, 6.07) is 5.41.